The normalized spacial score (nSPS) is 13.4. The molecule has 0 fully saturated rings. The fraction of sp³-hybridized carbons (Fsp3) is 0.400. The van der Waals surface area contributed by atoms with Crippen molar-refractivity contribution in [2.45, 2.75) is 38.6 Å². The lowest BCUT2D eigenvalue weighted by Crippen LogP contribution is -2.29. The molecule has 0 spiro atoms. The number of thiazole rings is 1. The third-order valence-electron chi connectivity index (χ3n) is 3.25. The van der Waals surface area contributed by atoms with Crippen LogP contribution in [0.15, 0.2) is 28.1 Å². The molecule has 0 amide bonds. The topological polar surface area (TPSA) is 50.9 Å². The molecule has 1 unspecified atom stereocenters. The number of benzene rings is 1. The van der Waals surface area contributed by atoms with Gasteiger partial charge >= 0.3 is 0 Å². The summed E-state index contributed by atoms with van der Waals surface area (Å²) in [6.07, 6.45) is 0.755. The number of aromatic nitrogens is 1. The lowest BCUT2D eigenvalue weighted by atomic mass is 9.93. The molecule has 6 heteroatoms. The molecule has 21 heavy (non-hydrogen) atoms. The zero-order chi connectivity index (χ0) is 15.6. The van der Waals surface area contributed by atoms with Crippen LogP contribution in [0.1, 0.15) is 43.1 Å². The molecule has 2 rings (SSSR count). The first-order valence-electron chi connectivity index (χ1n) is 6.67. The Morgan fingerprint density at radius 2 is 2.14 bits per heavy atom. The van der Waals surface area contributed by atoms with Crippen LogP contribution >= 0.6 is 38.9 Å². The molecule has 0 saturated carbocycles. The van der Waals surface area contributed by atoms with Gasteiger partial charge in [0.15, 0.2) is 0 Å². The van der Waals surface area contributed by atoms with E-state index < -0.39 is 0 Å². The number of hydrazine groups is 1. The Bertz CT molecular complexity index is 622. The zero-order valence-electron chi connectivity index (χ0n) is 12.3. The third kappa shape index (κ3) is 4.27. The number of hydrogen-bond donors (Lipinski definition) is 2. The van der Waals surface area contributed by atoms with E-state index >= 15 is 0 Å². The molecule has 0 aliphatic rings. The minimum atomic E-state index is 0.0116. The van der Waals surface area contributed by atoms with Crippen LogP contribution in [-0.4, -0.2) is 4.98 Å². The van der Waals surface area contributed by atoms with Crippen molar-refractivity contribution in [1.29, 1.82) is 0 Å². The summed E-state index contributed by atoms with van der Waals surface area (Å²) in [5, 5.41) is 3.90. The molecule has 0 radical (unpaired) electrons. The Balaban J connectivity index is 2.19. The van der Waals surface area contributed by atoms with E-state index in [1.807, 2.05) is 18.2 Å². The van der Waals surface area contributed by atoms with Gasteiger partial charge in [-0.1, -0.05) is 38.4 Å². The van der Waals surface area contributed by atoms with Gasteiger partial charge in [-0.05, 0) is 33.6 Å². The summed E-state index contributed by atoms with van der Waals surface area (Å²) in [6.45, 7) is 6.50. The average Bonchev–Trinajstić information content (AvgIpc) is 2.88. The number of nitrogens with one attached hydrogen (secondary N) is 1. The molecule has 1 aromatic heterocycles. The summed E-state index contributed by atoms with van der Waals surface area (Å²) in [6, 6.07) is 5.85. The first-order chi connectivity index (χ1) is 9.81. The molecule has 0 aliphatic carbocycles. The smallest absolute Gasteiger partial charge is 0.0948 e. The standard InChI is InChI=1S/C15H19BrClN3S/c1-15(2,3)13-8-21-14(19-13)7-12(20-18)9-4-5-11(17)10(16)6-9/h4-6,8,12,20H,7,18H2,1-3H3. The first-order valence-corrected chi connectivity index (χ1v) is 8.72. The van der Waals surface area contributed by atoms with Crippen molar-refractivity contribution in [2.24, 2.45) is 5.84 Å². The van der Waals surface area contributed by atoms with E-state index in [2.05, 4.69) is 47.5 Å². The van der Waals surface area contributed by atoms with Crippen LogP contribution < -0.4 is 11.3 Å². The fourth-order valence-electron chi connectivity index (χ4n) is 1.93. The van der Waals surface area contributed by atoms with Crippen molar-refractivity contribution < 1.29 is 0 Å². The van der Waals surface area contributed by atoms with Gasteiger partial charge < -0.3 is 0 Å². The SMILES string of the molecule is CC(C)(C)c1csc(CC(NN)c2ccc(Cl)c(Br)c2)n1. The van der Waals surface area contributed by atoms with Gasteiger partial charge in [0.2, 0.25) is 0 Å². The van der Waals surface area contributed by atoms with Gasteiger partial charge in [0.25, 0.3) is 0 Å². The highest BCUT2D eigenvalue weighted by molar-refractivity contribution is 9.10. The van der Waals surface area contributed by atoms with E-state index in [-0.39, 0.29) is 11.5 Å². The van der Waals surface area contributed by atoms with Gasteiger partial charge in [0.05, 0.1) is 21.8 Å². The van der Waals surface area contributed by atoms with E-state index in [9.17, 15) is 0 Å². The maximum Gasteiger partial charge on any atom is 0.0948 e. The van der Waals surface area contributed by atoms with E-state index in [0.29, 0.717) is 5.02 Å². The number of nitrogens with two attached hydrogens (primary N) is 1. The van der Waals surface area contributed by atoms with Gasteiger partial charge in [-0.3, -0.25) is 11.3 Å². The first kappa shape index (κ1) is 16.9. The lowest BCUT2D eigenvalue weighted by Gasteiger charge is -2.16. The molecule has 114 valence electrons. The number of nitrogens with zero attached hydrogens (tertiary/aromatic N) is 1. The summed E-state index contributed by atoms with van der Waals surface area (Å²) in [4.78, 5) is 4.72. The van der Waals surface area contributed by atoms with Crippen molar-refractivity contribution in [3.63, 3.8) is 0 Å². The van der Waals surface area contributed by atoms with Crippen LogP contribution in [0.2, 0.25) is 5.02 Å². The maximum atomic E-state index is 6.03. The Kier molecular flexibility index (Phi) is 5.43. The minimum absolute atomic E-state index is 0.0116. The van der Waals surface area contributed by atoms with Crippen molar-refractivity contribution in [2.75, 3.05) is 0 Å². The average molecular weight is 389 g/mol. The maximum absolute atomic E-state index is 6.03. The van der Waals surface area contributed by atoms with Crippen LogP contribution in [0.25, 0.3) is 0 Å². The largest absolute Gasteiger partial charge is 0.271 e. The number of halogens is 2. The molecule has 1 heterocycles. The van der Waals surface area contributed by atoms with Crippen molar-refractivity contribution in [3.05, 3.63) is 49.3 Å². The number of rotatable bonds is 4. The molecule has 1 aromatic carbocycles. The van der Waals surface area contributed by atoms with E-state index in [1.54, 1.807) is 11.3 Å². The molecule has 0 saturated heterocycles. The van der Waals surface area contributed by atoms with Crippen LogP contribution in [-0.2, 0) is 11.8 Å². The predicted molar refractivity (Wildman–Crippen MR) is 93.7 cm³/mol. The van der Waals surface area contributed by atoms with E-state index in [4.69, 9.17) is 22.4 Å². The van der Waals surface area contributed by atoms with Gasteiger partial charge in [0, 0.05) is 21.7 Å². The molecular weight excluding hydrogens is 370 g/mol. The van der Waals surface area contributed by atoms with Crippen molar-refractivity contribution in [1.82, 2.24) is 10.4 Å². The molecule has 0 bridgehead atoms. The van der Waals surface area contributed by atoms with Gasteiger partial charge in [0.1, 0.15) is 0 Å². The molecular formula is C15H19BrClN3S. The van der Waals surface area contributed by atoms with Gasteiger partial charge in [-0.15, -0.1) is 11.3 Å². The summed E-state index contributed by atoms with van der Waals surface area (Å²) < 4.78 is 0.872. The summed E-state index contributed by atoms with van der Waals surface area (Å²) in [7, 11) is 0. The summed E-state index contributed by atoms with van der Waals surface area (Å²) in [5.74, 6) is 5.71. The Morgan fingerprint density at radius 3 is 2.67 bits per heavy atom. The van der Waals surface area contributed by atoms with Crippen molar-refractivity contribution >= 4 is 38.9 Å². The highest BCUT2D eigenvalue weighted by Gasteiger charge is 2.19. The second-order valence-corrected chi connectivity index (χ2v) is 8.18. The third-order valence-corrected chi connectivity index (χ3v) is 5.33. The van der Waals surface area contributed by atoms with E-state index in [1.165, 1.54) is 0 Å². The van der Waals surface area contributed by atoms with Crippen LogP contribution in [0.5, 0.6) is 0 Å². The quantitative estimate of drug-likeness (QED) is 0.594. The summed E-state index contributed by atoms with van der Waals surface area (Å²) in [5.41, 5.74) is 5.14. The minimum Gasteiger partial charge on any atom is -0.271 e. The monoisotopic (exact) mass is 387 g/mol. The van der Waals surface area contributed by atoms with Gasteiger partial charge in [-0.2, -0.15) is 0 Å². The van der Waals surface area contributed by atoms with Crippen LogP contribution in [0, 0.1) is 0 Å². The second kappa shape index (κ2) is 6.75. The van der Waals surface area contributed by atoms with Crippen LogP contribution in [0.3, 0.4) is 0 Å². The number of hydrogen-bond acceptors (Lipinski definition) is 4. The molecule has 1 atom stereocenters. The van der Waals surface area contributed by atoms with E-state index in [0.717, 1.165) is 27.2 Å². The Labute approximate surface area is 143 Å². The van der Waals surface area contributed by atoms with Crippen molar-refractivity contribution in [3.8, 4) is 0 Å². The Hall–Kier alpha value is -0.460. The molecule has 0 aliphatic heterocycles. The lowest BCUT2D eigenvalue weighted by molar-refractivity contribution is 0.541. The zero-order valence-corrected chi connectivity index (χ0v) is 15.4. The Morgan fingerprint density at radius 1 is 1.43 bits per heavy atom. The predicted octanol–water partition coefficient (Wildman–Crippen LogP) is 4.60. The fourth-order valence-corrected chi connectivity index (χ4v) is 3.51. The highest BCUT2D eigenvalue weighted by Crippen LogP contribution is 2.29. The van der Waals surface area contributed by atoms with Gasteiger partial charge in [-0.25, -0.2) is 4.98 Å². The molecule has 2 aromatic rings. The highest BCUT2D eigenvalue weighted by atomic mass is 79.9. The molecule has 3 nitrogen and oxygen atoms in total. The van der Waals surface area contributed by atoms with Crippen LogP contribution in [0.4, 0.5) is 0 Å². The summed E-state index contributed by atoms with van der Waals surface area (Å²) >= 11 is 11.2. The molecule has 3 N–H and O–H groups in total. The second-order valence-electron chi connectivity index (χ2n) is 5.97.